The van der Waals surface area contributed by atoms with Gasteiger partial charge in [0.15, 0.2) is 9.84 Å². The van der Waals surface area contributed by atoms with E-state index in [0.717, 1.165) is 0 Å². The van der Waals surface area contributed by atoms with Gasteiger partial charge in [0.05, 0.1) is 18.1 Å². The van der Waals surface area contributed by atoms with Gasteiger partial charge in [0.2, 0.25) is 5.91 Å². The van der Waals surface area contributed by atoms with Crippen molar-refractivity contribution in [3.63, 3.8) is 0 Å². The van der Waals surface area contributed by atoms with E-state index in [1.807, 2.05) is 0 Å². The molecule has 1 saturated heterocycles. The number of benzene rings is 1. The Labute approximate surface area is 132 Å². The molecule has 1 aliphatic rings. The van der Waals surface area contributed by atoms with E-state index in [-0.39, 0.29) is 4.90 Å². The first-order chi connectivity index (χ1) is 9.84. The molecule has 6 nitrogen and oxygen atoms in total. The van der Waals surface area contributed by atoms with Gasteiger partial charge in [0.1, 0.15) is 5.25 Å². The normalized spacial score (nSPS) is 17.5. The van der Waals surface area contributed by atoms with Crippen LogP contribution in [0.5, 0.6) is 0 Å². The van der Waals surface area contributed by atoms with Gasteiger partial charge in [-0.05, 0) is 41.1 Å². The lowest BCUT2D eigenvalue weighted by atomic mass is 10.3. The van der Waals surface area contributed by atoms with Gasteiger partial charge < -0.3 is 15.4 Å². The van der Waals surface area contributed by atoms with Gasteiger partial charge in [-0.25, -0.2) is 8.42 Å². The summed E-state index contributed by atoms with van der Waals surface area (Å²) in [5, 5.41) is -1.14. The molecule has 2 N–H and O–H groups in total. The molecule has 1 unspecified atom stereocenters. The van der Waals surface area contributed by atoms with Crippen LogP contribution < -0.4 is 5.73 Å². The lowest BCUT2D eigenvalue weighted by molar-refractivity contribution is -0.134. The van der Waals surface area contributed by atoms with E-state index in [1.54, 1.807) is 0 Å². The van der Waals surface area contributed by atoms with Crippen LogP contribution in [-0.2, 0) is 19.4 Å². The number of nitrogens with two attached hydrogens (primary N) is 1. The van der Waals surface area contributed by atoms with Crippen LogP contribution in [0.4, 0.5) is 5.69 Å². The number of nitrogens with zero attached hydrogens (tertiary/aromatic N) is 1. The molecule has 0 spiro atoms. The summed E-state index contributed by atoms with van der Waals surface area (Å²) in [5.41, 5.74) is 6.06. The molecule has 0 saturated carbocycles. The van der Waals surface area contributed by atoms with Crippen LogP contribution in [0.3, 0.4) is 0 Å². The fourth-order valence-corrected chi connectivity index (χ4v) is 4.57. The SMILES string of the molecule is CC(C(=O)N1CCOCC1)S(=O)(=O)c1ccc(N)cc1Br. The standard InChI is InChI=1S/C13H17BrN2O4S/c1-9(13(17)16-4-6-20-7-5-16)21(18,19)12-3-2-10(15)8-11(12)14/h2-3,8-9H,4-7,15H2,1H3. The number of anilines is 1. The Morgan fingerprint density at radius 3 is 2.57 bits per heavy atom. The number of ether oxygens (including phenoxy) is 1. The molecule has 0 bridgehead atoms. The van der Waals surface area contributed by atoms with Gasteiger partial charge in [-0.1, -0.05) is 0 Å². The van der Waals surface area contributed by atoms with Gasteiger partial charge in [0.25, 0.3) is 0 Å². The molecule has 8 heteroatoms. The molecule has 0 aromatic heterocycles. The first-order valence-corrected chi connectivity index (χ1v) is 8.83. The number of amides is 1. The van der Waals surface area contributed by atoms with E-state index >= 15 is 0 Å². The predicted octanol–water partition coefficient (Wildman–Crippen LogP) is 1.05. The molecular formula is C13H17BrN2O4S. The predicted molar refractivity (Wildman–Crippen MR) is 82.6 cm³/mol. The second kappa shape index (κ2) is 6.33. The number of morpholine rings is 1. The van der Waals surface area contributed by atoms with E-state index in [4.69, 9.17) is 10.5 Å². The van der Waals surface area contributed by atoms with Crippen LogP contribution in [0, 0.1) is 0 Å². The third-order valence-corrected chi connectivity index (χ3v) is 6.42. The number of hydrogen-bond donors (Lipinski definition) is 1. The summed E-state index contributed by atoms with van der Waals surface area (Å²) in [6.07, 6.45) is 0. The molecule has 1 aromatic carbocycles. The topological polar surface area (TPSA) is 89.7 Å². The lowest BCUT2D eigenvalue weighted by Crippen LogP contribution is -2.47. The van der Waals surface area contributed by atoms with E-state index in [2.05, 4.69) is 15.9 Å². The van der Waals surface area contributed by atoms with Crippen molar-refractivity contribution in [3.8, 4) is 0 Å². The summed E-state index contributed by atoms with van der Waals surface area (Å²) in [4.78, 5) is 13.9. The van der Waals surface area contributed by atoms with Crippen molar-refractivity contribution >= 4 is 37.4 Å². The highest BCUT2D eigenvalue weighted by atomic mass is 79.9. The molecule has 2 rings (SSSR count). The van der Waals surface area contributed by atoms with Crippen LogP contribution in [0.2, 0.25) is 0 Å². The minimum absolute atomic E-state index is 0.0748. The third-order valence-electron chi connectivity index (χ3n) is 3.40. The van der Waals surface area contributed by atoms with Crippen molar-refractivity contribution in [2.75, 3.05) is 32.0 Å². The van der Waals surface area contributed by atoms with E-state index in [1.165, 1.54) is 30.0 Å². The fraction of sp³-hybridized carbons (Fsp3) is 0.462. The molecule has 116 valence electrons. The summed E-state index contributed by atoms with van der Waals surface area (Å²) >= 11 is 3.19. The lowest BCUT2D eigenvalue weighted by Gasteiger charge is -2.29. The maximum atomic E-state index is 12.6. The molecule has 1 aliphatic heterocycles. The maximum Gasteiger partial charge on any atom is 0.241 e. The van der Waals surface area contributed by atoms with E-state index in [0.29, 0.717) is 36.5 Å². The number of carbonyl (C=O) groups is 1. The molecule has 1 amide bonds. The minimum atomic E-state index is -3.77. The molecule has 1 heterocycles. The first kappa shape index (κ1) is 16.3. The Balaban J connectivity index is 2.27. The molecule has 1 atom stereocenters. The largest absolute Gasteiger partial charge is 0.399 e. The van der Waals surface area contributed by atoms with Crippen molar-refractivity contribution in [1.82, 2.24) is 4.90 Å². The number of carbonyl (C=O) groups excluding carboxylic acids is 1. The molecule has 1 aromatic rings. The molecule has 1 fully saturated rings. The highest BCUT2D eigenvalue weighted by molar-refractivity contribution is 9.10. The number of nitrogen functional groups attached to an aromatic ring is 1. The minimum Gasteiger partial charge on any atom is -0.399 e. The smallest absolute Gasteiger partial charge is 0.241 e. The number of rotatable bonds is 3. The van der Waals surface area contributed by atoms with Gasteiger partial charge in [-0.2, -0.15) is 0 Å². The molecular weight excluding hydrogens is 360 g/mol. The fourth-order valence-electron chi connectivity index (χ4n) is 2.11. The van der Waals surface area contributed by atoms with E-state index in [9.17, 15) is 13.2 Å². The summed E-state index contributed by atoms with van der Waals surface area (Å²) in [7, 11) is -3.77. The van der Waals surface area contributed by atoms with Crippen molar-refractivity contribution in [2.45, 2.75) is 17.1 Å². The van der Waals surface area contributed by atoms with Gasteiger partial charge in [-0.3, -0.25) is 4.79 Å². The summed E-state index contributed by atoms with van der Waals surface area (Å²) in [5.74, 6) is -0.401. The van der Waals surface area contributed by atoms with Crippen LogP contribution in [-0.4, -0.2) is 50.8 Å². The van der Waals surface area contributed by atoms with Gasteiger partial charge in [-0.15, -0.1) is 0 Å². The second-order valence-electron chi connectivity index (χ2n) is 4.81. The maximum absolute atomic E-state index is 12.6. The summed E-state index contributed by atoms with van der Waals surface area (Å²) < 4.78 is 30.7. The van der Waals surface area contributed by atoms with Gasteiger partial charge >= 0.3 is 0 Å². The second-order valence-corrected chi connectivity index (χ2v) is 7.91. The number of sulfone groups is 1. The molecule has 0 aliphatic carbocycles. The average molecular weight is 377 g/mol. The van der Waals surface area contributed by atoms with Crippen LogP contribution >= 0.6 is 15.9 Å². The molecule has 21 heavy (non-hydrogen) atoms. The highest BCUT2D eigenvalue weighted by Gasteiger charge is 2.34. The zero-order valence-corrected chi connectivity index (χ0v) is 14.0. The Morgan fingerprint density at radius 1 is 1.38 bits per heavy atom. The Bertz CT molecular complexity index is 642. The monoisotopic (exact) mass is 376 g/mol. The molecule has 0 radical (unpaired) electrons. The van der Waals surface area contributed by atoms with Crippen molar-refractivity contribution in [1.29, 1.82) is 0 Å². The van der Waals surface area contributed by atoms with Crippen molar-refractivity contribution < 1.29 is 17.9 Å². The van der Waals surface area contributed by atoms with Crippen LogP contribution in [0.15, 0.2) is 27.6 Å². The van der Waals surface area contributed by atoms with Crippen molar-refractivity contribution in [3.05, 3.63) is 22.7 Å². The quantitative estimate of drug-likeness (QED) is 0.796. The Morgan fingerprint density at radius 2 is 2.00 bits per heavy atom. The van der Waals surface area contributed by atoms with Gasteiger partial charge in [0, 0.05) is 23.2 Å². The zero-order chi connectivity index (χ0) is 15.6. The Kier molecular flexibility index (Phi) is 4.90. The Hall–Kier alpha value is -1.12. The van der Waals surface area contributed by atoms with E-state index < -0.39 is 21.0 Å². The summed E-state index contributed by atoms with van der Waals surface area (Å²) in [6.45, 7) is 3.12. The number of hydrogen-bond acceptors (Lipinski definition) is 5. The first-order valence-electron chi connectivity index (χ1n) is 6.49. The average Bonchev–Trinajstić information content (AvgIpc) is 2.46. The third kappa shape index (κ3) is 3.38. The summed E-state index contributed by atoms with van der Waals surface area (Å²) in [6, 6.07) is 4.43. The van der Waals surface area contributed by atoms with Crippen molar-refractivity contribution in [2.24, 2.45) is 0 Å². The van der Waals surface area contributed by atoms with Crippen LogP contribution in [0.25, 0.3) is 0 Å². The highest BCUT2D eigenvalue weighted by Crippen LogP contribution is 2.28. The van der Waals surface area contributed by atoms with Crippen LogP contribution in [0.1, 0.15) is 6.92 Å². The number of halogens is 1. The zero-order valence-electron chi connectivity index (χ0n) is 11.6.